The summed E-state index contributed by atoms with van der Waals surface area (Å²) >= 11 is 0. The van der Waals surface area contributed by atoms with Gasteiger partial charge in [0.15, 0.2) is 0 Å². The highest BCUT2D eigenvalue weighted by Gasteiger charge is 2.43. The molecule has 0 aromatic heterocycles. The van der Waals surface area contributed by atoms with Crippen molar-refractivity contribution in [1.82, 2.24) is 10.2 Å². The Labute approximate surface area is 141 Å². The summed E-state index contributed by atoms with van der Waals surface area (Å²) in [7, 11) is 0. The molecule has 0 bridgehead atoms. The largest absolute Gasteiger partial charge is 0.355 e. The lowest BCUT2D eigenvalue weighted by atomic mass is 10.0. The van der Waals surface area contributed by atoms with Crippen molar-refractivity contribution in [3.05, 3.63) is 60.2 Å². The second-order valence-electron chi connectivity index (χ2n) is 6.65. The number of amides is 2. The van der Waals surface area contributed by atoms with Gasteiger partial charge in [-0.15, -0.1) is 0 Å². The predicted molar refractivity (Wildman–Crippen MR) is 92.2 cm³/mol. The van der Waals surface area contributed by atoms with Gasteiger partial charge in [-0.25, -0.2) is 0 Å². The maximum absolute atomic E-state index is 12.5. The van der Waals surface area contributed by atoms with Gasteiger partial charge in [0.25, 0.3) is 0 Å². The highest BCUT2D eigenvalue weighted by molar-refractivity contribution is 5.85. The second kappa shape index (κ2) is 6.11. The van der Waals surface area contributed by atoms with Crippen LogP contribution in [0.4, 0.5) is 0 Å². The third-order valence-corrected chi connectivity index (χ3v) is 5.09. The number of fused-ring (bicyclic) bond motifs is 1. The number of hydrogen-bond acceptors (Lipinski definition) is 2. The minimum Gasteiger partial charge on any atom is -0.355 e. The van der Waals surface area contributed by atoms with Gasteiger partial charge in [-0.05, 0) is 16.7 Å². The van der Waals surface area contributed by atoms with Crippen LogP contribution < -0.4 is 5.32 Å². The van der Waals surface area contributed by atoms with Crippen molar-refractivity contribution in [2.24, 2.45) is 11.8 Å². The fourth-order valence-corrected chi connectivity index (χ4v) is 3.67. The van der Waals surface area contributed by atoms with Gasteiger partial charge < -0.3 is 10.2 Å². The van der Waals surface area contributed by atoms with E-state index >= 15 is 0 Å². The molecule has 2 aromatic carbocycles. The molecule has 24 heavy (non-hydrogen) atoms. The Bertz CT molecular complexity index is 755. The first-order valence-corrected chi connectivity index (χ1v) is 8.40. The monoisotopic (exact) mass is 320 g/mol. The molecule has 2 amide bonds. The lowest BCUT2D eigenvalue weighted by molar-refractivity contribution is -0.130. The fraction of sp³-hybridized carbons (Fsp3) is 0.300. The topological polar surface area (TPSA) is 49.4 Å². The molecular formula is C20H20N2O2. The molecule has 2 aromatic rings. The van der Waals surface area contributed by atoms with E-state index in [1.165, 1.54) is 5.56 Å². The average Bonchev–Trinajstić information content (AvgIpc) is 3.19. The van der Waals surface area contributed by atoms with Crippen LogP contribution in [0.15, 0.2) is 54.6 Å². The number of hydrogen-bond donors (Lipinski definition) is 1. The van der Waals surface area contributed by atoms with Crippen LogP contribution >= 0.6 is 0 Å². The Hall–Kier alpha value is -2.62. The van der Waals surface area contributed by atoms with E-state index in [0.29, 0.717) is 32.0 Å². The van der Waals surface area contributed by atoms with Crippen molar-refractivity contribution in [2.75, 3.05) is 19.6 Å². The van der Waals surface area contributed by atoms with E-state index in [1.807, 2.05) is 35.2 Å². The minimum atomic E-state index is -0.00518. The normalized spacial score (nSPS) is 22.3. The second-order valence-corrected chi connectivity index (χ2v) is 6.65. The summed E-state index contributed by atoms with van der Waals surface area (Å²) < 4.78 is 0. The number of benzene rings is 2. The zero-order valence-electron chi connectivity index (χ0n) is 13.4. The SMILES string of the molecule is O=C1NC[C@H]2CN(C(=O)Cc3ccc(-c4ccccc4)cc3)C[C@@H]12. The summed E-state index contributed by atoms with van der Waals surface area (Å²) in [6.45, 7) is 1.97. The molecule has 0 saturated carbocycles. The van der Waals surface area contributed by atoms with Gasteiger partial charge in [-0.3, -0.25) is 9.59 Å². The van der Waals surface area contributed by atoms with Crippen LogP contribution in [-0.2, 0) is 16.0 Å². The number of likely N-dealkylation sites (tertiary alicyclic amines) is 1. The Morgan fingerprint density at radius 3 is 2.42 bits per heavy atom. The molecule has 2 aliphatic rings. The van der Waals surface area contributed by atoms with Crippen LogP contribution in [-0.4, -0.2) is 36.3 Å². The number of rotatable bonds is 3. The van der Waals surface area contributed by atoms with Crippen molar-refractivity contribution in [2.45, 2.75) is 6.42 Å². The molecular weight excluding hydrogens is 300 g/mol. The molecule has 1 N–H and O–H groups in total. The molecule has 4 heteroatoms. The molecule has 2 saturated heterocycles. The summed E-state index contributed by atoms with van der Waals surface area (Å²) in [5, 5.41) is 2.88. The summed E-state index contributed by atoms with van der Waals surface area (Å²) in [4.78, 5) is 26.1. The van der Waals surface area contributed by atoms with Crippen LogP contribution in [0.2, 0.25) is 0 Å². The summed E-state index contributed by atoms with van der Waals surface area (Å²) in [6.07, 6.45) is 0.399. The summed E-state index contributed by atoms with van der Waals surface area (Å²) in [5.74, 6) is 0.503. The Balaban J connectivity index is 1.41. The molecule has 0 radical (unpaired) electrons. The van der Waals surface area contributed by atoms with Crippen molar-refractivity contribution < 1.29 is 9.59 Å². The van der Waals surface area contributed by atoms with E-state index in [1.54, 1.807) is 0 Å². The summed E-state index contributed by atoms with van der Waals surface area (Å²) in [5.41, 5.74) is 3.34. The van der Waals surface area contributed by atoms with Crippen molar-refractivity contribution in [3.63, 3.8) is 0 Å². The maximum Gasteiger partial charge on any atom is 0.227 e. The third kappa shape index (κ3) is 2.80. The van der Waals surface area contributed by atoms with Crippen LogP contribution in [0.5, 0.6) is 0 Å². The smallest absolute Gasteiger partial charge is 0.227 e. The van der Waals surface area contributed by atoms with Crippen LogP contribution in [0.1, 0.15) is 5.56 Å². The number of nitrogens with zero attached hydrogens (tertiary/aromatic N) is 1. The average molecular weight is 320 g/mol. The van der Waals surface area contributed by atoms with E-state index in [4.69, 9.17) is 0 Å². The Morgan fingerprint density at radius 2 is 1.71 bits per heavy atom. The molecule has 122 valence electrons. The molecule has 2 atom stereocenters. The molecule has 2 heterocycles. The molecule has 2 fully saturated rings. The van der Waals surface area contributed by atoms with Crippen molar-refractivity contribution >= 4 is 11.8 Å². The van der Waals surface area contributed by atoms with Gasteiger partial charge in [0.2, 0.25) is 11.8 Å². The zero-order valence-corrected chi connectivity index (χ0v) is 13.4. The van der Waals surface area contributed by atoms with Crippen molar-refractivity contribution in [1.29, 1.82) is 0 Å². The first-order chi connectivity index (χ1) is 11.7. The van der Waals surface area contributed by atoms with E-state index < -0.39 is 0 Å². The molecule has 2 aliphatic heterocycles. The van der Waals surface area contributed by atoms with Gasteiger partial charge in [0.05, 0.1) is 12.3 Å². The van der Waals surface area contributed by atoms with Gasteiger partial charge in [-0.2, -0.15) is 0 Å². The van der Waals surface area contributed by atoms with Gasteiger partial charge >= 0.3 is 0 Å². The number of nitrogens with one attached hydrogen (secondary N) is 1. The van der Waals surface area contributed by atoms with E-state index in [2.05, 4.69) is 29.6 Å². The van der Waals surface area contributed by atoms with Gasteiger partial charge in [0, 0.05) is 25.6 Å². The van der Waals surface area contributed by atoms with E-state index in [0.717, 1.165) is 11.1 Å². The summed E-state index contributed by atoms with van der Waals surface area (Å²) in [6, 6.07) is 18.4. The molecule has 4 rings (SSSR count). The first kappa shape index (κ1) is 14.9. The lowest BCUT2D eigenvalue weighted by Gasteiger charge is -2.17. The Kier molecular flexibility index (Phi) is 3.81. The van der Waals surface area contributed by atoms with E-state index in [9.17, 15) is 9.59 Å². The molecule has 4 nitrogen and oxygen atoms in total. The first-order valence-electron chi connectivity index (χ1n) is 8.40. The molecule has 0 aliphatic carbocycles. The van der Waals surface area contributed by atoms with Gasteiger partial charge in [0.1, 0.15) is 0 Å². The van der Waals surface area contributed by atoms with Crippen LogP contribution in [0, 0.1) is 11.8 Å². The molecule has 0 spiro atoms. The quantitative estimate of drug-likeness (QED) is 0.941. The highest BCUT2D eigenvalue weighted by Crippen LogP contribution is 2.28. The van der Waals surface area contributed by atoms with E-state index in [-0.39, 0.29) is 17.7 Å². The van der Waals surface area contributed by atoms with Crippen LogP contribution in [0.25, 0.3) is 11.1 Å². The number of carbonyl (C=O) groups excluding carboxylic acids is 2. The predicted octanol–water partition coefficient (Wildman–Crippen LogP) is 2.10. The highest BCUT2D eigenvalue weighted by atomic mass is 16.2. The number of carbonyl (C=O) groups is 2. The standard InChI is InChI=1S/C20H20N2O2/c23-19(22-12-17-11-21-20(24)18(17)13-22)10-14-6-8-16(9-7-14)15-4-2-1-3-5-15/h1-9,17-18H,10-13H2,(H,21,24)/t17-,18+/m0/s1. The van der Waals surface area contributed by atoms with Gasteiger partial charge in [-0.1, -0.05) is 54.6 Å². The Morgan fingerprint density at radius 1 is 1.00 bits per heavy atom. The van der Waals surface area contributed by atoms with Crippen molar-refractivity contribution in [3.8, 4) is 11.1 Å². The lowest BCUT2D eigenvalue weighted by Crippen LogP contribution is -2.34. The maximum atomic E-state index is 12.5. The molecule has 0 unspecified atom stereocenters. The zero-order chi connectivity index (χ0) is 16.5. The minimum absolute atomic E-state index is 0.00518. The van der Waals surface area contributed by atoms with Crippen LogP contribution in [0.3, 0.4) is 0 Å². The third-order valence-electron chi connectivity index (χ3n) is 5.09. The fourth-order valence-electron chi connectivity index (χ4n) is 3.67.